The van der Waals surface area contributed by atoms with Crippen molar-refractivity contribution in [3.05, 3.63) is 48.4 Å². The van der Waals surface area contributed by atoms with Gasteiger partial charge in [-0.05, 0) is 23.6 Å². The minimum Gasteiger partial charge on any atom is -0.438 e. The van der Waals surface area contributed by atoms with Crippen LogP contribution in [0.4, 0.5) is 0 Å². The van der Waals surface area contributed by atoms with E-state index in [0.717, 1.165) is 17.9 Å². The third kappa shape index (κ3) is 5.13. The van der Waals surface area contributed by atoms with Gasteiger partial charge in [-0.2, -0.15) is 0 Å². The molecule has 0 aliphatic heterocycles. The SMILES string of the molecule is CC(C)C(O)CNCc1ccc(Oc2cnccn2)cc1. The summed E-state index contributed by atoms with van der Waals surface area (Å²) >= 11 is 0. The van der Waals surface area contributed by atoms with Gasteiger partial charge in [-0.15, -0.1) is 0 Å². The molecular formula is C16H21N3O2. The van der Waals surface area contributed by atoms with Gasteiger partial charge in [-0.25, -0.2) is 4.98 Å². The highest BCUT2D eigenvalue weighted by Crippen LogP contribution is 2.18. The normalized spacial score (nSPS) is 12.4. The van der Waals surface area contributed by atoms with E-state index in [1.54, 1.807) is 18.6 Å². The van der Waals surface area contributed by atoms with E-state index in [1.165, 1.54) is 0 Å². The fourth-order valence-electron chi connectivity index (χ4n) is 1.73. The molecule has 21 heavy (non-hydrogen) atoms. The third-order valence-corrected chi connectivity index (χ3v) is 3.14. The second-order valence-electron chi connectivity index (χ2n) is 5.23. The monoisotopic (exact) mass is 287 g/mol. The van der Waals surface area contributed by atoms with E-state index in [1.807, 2.05) is 38.1 Å². The topological polar surface area (TPSA) is 67.3 Å². The number of benzene rings is 1. The van der Waals surface area contributed by atoms with Gasteiger partial charge >= 0.3 is 0 Å². The van der Waals surface area contributed by atoms with Gasteiger partial charge in [-0.1, -0.05) is 26.0 Å². The van der Waals surface area contributed by atoms with E-state index in [4.69, 9.17) is 4.74 Å². The van der Waals surface area contributed by atoms with Crippen LogP contribution in [0.15, 0.2) is 42.9 Å². The highest BCUT2D eigenvalue weighted by molar-refractivity contribution is 5.29. The smallest absolute Gasteiger partial charge is 0.237 e. The zero-order valence-electron chi connectivity index (χ0n) is 12.4. The Bertz CT molecular complexity index is 529. The summed E-state index contributed by atoms with van der Waals surface area (Å²) < 4.78 is 5.57. The molecule has 5 nitrogen and oxygen atoms in total. The maximum Gasteiger partial charge on any atom is 0.237 e. The van der Waals surface area contributed by atoms with Crippen LogP contribution in [-0.4, -0.2) is 27.7 Å². The van der Waals surface area contributed by atoms with Crippen LogP contribution in [0.2, 0.25) is 0 Å². The van der Waals surface area contributed by atoms with Crippen LogP contribution >= 0.6 is 0 Å². The molecule has 0 fully saturated rings. The average molecular weight is 287 g/mol. The molecule has 2 N–H and O–H groups in total. The molecule has 1 unspecified atom stereocenters. The van der Waals surface area contributed by atoms with Gasteiger partial charge in [0.25, 0.3) is 0 Å². The fraction of sp³-hybridized carbons (Fsp3) is 0.375. The van der Waals surface area contributed by atoms with E-state index in [2.05, 4.69) is 15.3 Å². The molecule has 0 saturated carbocycles. The Morgan fingerprint density at radius 3 is 2.57 bits per heavy atom. The highest BCUT2D eigenvalue weighted by Gasteiger charge is 2.07. The quantitative estimate of drug-likeness (QED) is 0.818. The molecule has 0 saturated heterocycles. The van der Waals surface area contributed by atoms with Crippen LogP contribution in [0.3, 0.4) is 0 Å². The fourth-order valence-corrected chi connectivity index (χ4v) is 1.73. The zero-order valence-corrected chi connectivity index (χ0v) is 12.4. The van der Waals surface area contributed by atoms with E-state index in [9.17, 15) is 5.11 Å². The molecule has 1 aromatic heterocycles. The molecule has 2 rings (SSSR count). The van der Waals surface area contributed by atoms with Crippen LogP contribution in [-0.2, 0) is 6.54 Å². The van der Waals surface area contributed by atoms with Crippen LogP contribution in [0.5, 0.6) is 11.6 Å². The highest BCUT2D eigenvalue weighted by atomic mass is 16.5. The molecule has 1 heterocycles. The van der Waals surface area contributed by atoms with Crippen LogP contribution in [0.25, 0.3) is 0 Å². The Kier molecular flexibility index (Phi) is 5.66. The average Bonchev–Trinajstić information content (AvgIpc) is 2.50. The molecular weight excluding hydrogens is 266 g/mol. The predicted octanol–water partition coefficient (Wildman–Crippen LogP) is 2.38. The summed E-state index contributed by atoms with van der Waals surface area (Å²) in [6.07, 6.45) is 4.45. The molecule has 5 heteroatoms. The molecule has 0 aliphatic rings. The van der Waals surface area contributed by atoms with Crippen molar-refractivity contribution >= 4 is 0 Å². The maximum atomic E-state index is 9.72. The first-order chi connectivity index (χ1) is 10.1. The summed E-state index contributed by atoms with van der Waals surface area (Å²) in [6.45, 7) is 5.32. The molecule has 112 valence electrons. The Morgan fingerprint density at radius 2 is 1.95 bits per heavy atom. The van der Waals surface area contributed by atoms with Crippen molar-refractivity contribution in [2.75, 3.05) is 6.54 Å². The lowest BCUT2D eigenvalue weighted by Crippen LogP contribution is -2.30. The first-order valence-electron chi connectivity index (χ1n) is 7.06. The van der Waals surface area contributed by atoms with Crippen molar-refractivity contribution in [2.24, 2.45) is 5.92 Å². The van der Waals surface area contributed by atoms with Crippen molar-refractivity contribution < 1.29 is 9.84 Å². The molecule has 1 atom stereocenters. The summed E-state index contributed by atoms with van der Waals surface area (Å²) in [5, 5.41) is 13.0. The van der Waals surface area contributed by atoms with Gasteiger partial charge in [0.1, 0.15) is 5.75 Å². The summed E-state index contributed by atoms with van der Waals surface area (Å²) in [5.74, 6) is 1.46. The lowest BCUT2D eigenvalue weighted by molar-refractivity contribution is 0.123. The van der Waals surface area contributed by atoms with E-state index >= 15 is 0 Å². The summed E-state index contributed by atoms with van der Waals surface area (Å²) in [7, 11) is 0. The van der Waals surface area contributed by atoms with Gasteiger partial charge in [-0.3, -0.25) is 4.98 Å². The summed E-state index contributed by atoms with van der Waals surface area (Å²) in [6, 6.07) is 7.76. The Morgan fingerprint density at radius 1 is 1.19 bits per heavy atom. The van der Waals surface area contributed by atoms with Crippen molar-refractivity contribution in [3.63, 3.8) is 0 Å². The minimum atomic E-state index is -0.315. The van der Waals surface area contributed by atoms with Gasteiger partial charge in [0.15, 0.2) is 0 Å². The first kappa shape index (κ1) is 15.4. The second-order valence-corrected chi connectivity index (χ2v) is 5.23. The van der Waals surface area contributed by atoms with Crippen molar-refractivity contribution in [3.8, 4) is 11.6 Å². The van der Waals surface area contributed by atoms with Gasteiger partial charge in [0.2, 0.25) is 5.88 Å². The number of aliphatic hydroxyl groups excluding tert-OH is 1. The minimum absolute atomic E-state index is 0.264. The predicted molar refractivity (Wildman–Crippen MR) is 81.1 cm³/mol. The van der Waals surface area contributed by atoms with E-state index in [-0.39, 0.29) is 12.0 Å². The number of nitrogens with one attached hydrogen (secondary N) is 1. The lowest BCUT2D eigenvalue weighted by atomic mass is 10.1. The zero-order chi connectivity index (χ0) is 15.1. The summed E-state index contributed by atoms with van der Waals surface area (Å²) in [4.78, 5) is 8.01. The molecule has 0 spiro atoms. The van der Waals surface area contributed by atoms with Gasteiger partial charge < -0.3 is 15.2 Å². The van der Waals surface area contributed by atoms with Crippen LogP contribution in [0.1, 0.15) is 19.4 Å². The first-order valence-corrected chi connectivity index (χ1v) is 7.06. The molecule has 0 aliphatic carbocycles. The van der Waals surface area contributed by atoms with Crippen molar-refractivity contribution in [2.45, 2.75) is 26.5 Å². The van der Waals surface area contributed by atoms with Crippen molar-refractivity contribution in [1.29, 1.82) is 0 Å². The van der Waals surface area contributed by atoms with Crippen LogP contribution in [0, 0.1) is 5.92 Å². The number of nitrogens with zero attached hydrogens (tertiary/aromatic N) is 2. The number of rotatable bonds is 7. The largest absolute Gasteiger partial charge is 0.438 e. The Balaban J connectivity index is 1.82. The third-order valence-electron chi connectivity index (χ3n) is 3.14. The second kappa shape index (κ2) is 7.71. The van der Waals surface area contributed by atoms with Gasteiger partial charge in [0, 0.05) is 25.5 Å². The molecule has 2 aromatic rings. The lowest BCUT2D eigenvalue weighted by Gasteiger charge is -2.15. The molecule has 1 aromatic carbocycles. The molecule has 0 radical (unpaired) electrons. The van der Waals surface area contributed by atoms with E-state index in [0.29, 0.717) is 12.4 Å². The van der Waals surface area contributed by atoms with Crippen LogP contribution < -0.4 is 10.1 Å². The van der Waals surface area contributed by atoms with Gasteiger partial charge in [0.05, 0.1) is 12.3 Å². The number of aromatic nitrogens is 2. The number of hydrogen-bond acceptors (Lipinski definition) is 5. The van der Waals surface area contributed by atoms with Crippen molar-refractivity contribution in [1.82, 2.24) is 15.3 Å². The standard InChI is InChI=1S/C16H21N3O2/c1-12(2)15(20)10-18-9-13-3-5-14(6-4-13)21-16-11-17-7-8-19-16/h3-8,11-12,15,18,20H,9-10H2,1-2H3. The summed E-state index contributed by atoms with van der Waals surface area (Å²) in [5.41, 5.74) is 1.14. The Hall–Kier alpha value is -1.98. The van der Waals surface area contributed by atoms with E-state index < -0.39 is 0 Å². The number of ether oxygens (including phenoxy) is 1. The molecule has 0 amide bonds. The Labute approximate surface area is 125 Å². The molecule has 0 bridgehead atoms. The number of hydrogen-bond donors (Lipinski definition) is 2. The maximum absolute atomic E-state index is 9.72. The number of aliphatic hydroxyl groups is 1.